The van der Waals surface area contributed by atoms with Crippen LogP contribution in [0.25, 0.3) is 0 Å². The third-order valence-electron chi connectivity index (χ3n) is 3.72. The van der Waals surface area contributed by atoms with Gasteiger partial charge < -0.3 is 10.0 Å². The lowest BCUT2D eigenvalue weighted by Crippen LogP contribution is -2.34. The highest BCUT2D eigenvalue weighted by atomic mass is 19.1. The van der Waals surface area contributed by atoms with Crippen molar-refractivity contribution in [2.24, 2.45) is 0 Å². The van der Waals surface area contributed by atoms with Crippen molar-refractivity contribution < 1.29 is 14.4 Å². The van der Waals surface area contributed by atoms with Crippen LogP contribution in [-0.2, 0) is 6.54 Å². The van der Waals surface area contributed by atoms with Gasteiger partial charge in [-0.15, -0.1) is 0 Å². The third-order valence-corrected chi connectivity index (χ3v) is 3.72. The van der Waals surface area contributed by atoms with E-state index in [0.29, 0.717) is 12.6 Å². The van der Waals surface area contributed by atoms with Gasteiger partial charge in [-0.3, -0.25) is 4.90 Å². The van der Waals surface area contributed by atoms with E-state index in [-0.39, 0.29) is 5.46 Å². The highest BCUT2D eigenvalue weighted by Gasteiger charge is 2.21. The van der Waals surface area contributed by atoms with Gasteiger partial charge in [0.25, 0.3) is 0 Å². The molecule has 0 aliphatic heterocycles. The molecule has 0 unspecified atom stereocenters. The fourth-order valence-corrected chi connectivity index (χ4v) is 2.65. The molecule has 2 rings (SSSR count). The Kier molecular flexibility index (Phi) is 4.38. The SMILES string of the molecule is CN(Cc1ccc(F)c(B(O)O)c1)C1CCCC1. The van der Waals surface area contributed by atoms with Crippen molar-refractivity contribution in [3.8, 4) is 0 Å². The minimum Gasteiger partial charge on any atom is -0.423 e. The predicted octanol–water partition coefficient (Wildman–Crippen LogP) is 0.880. The molecule has 0 heterocycles. The van der Waals surface area contributed by atoms with Crippen LogP contribution in [0.4, 0.5) is 4.39 Å². The molecular formula is C13H19BFNO2. The van der Waals surface area contributed by atoms with Crippen LogP contribution in [0.15, 0.2) is 18.2 Å². The molecule has 5 heteroatoms. The maximum atomic E-state index is 13.3. The summed E-state index contributed by atoms with van der Waals surface area (Å²) in [6.45, 7) is 0.713. The molecule has 1 fully saturated rings. The predicted molar refractivity (Wildman–Crippen MR) is 69.9 cm³/mol. The molecule has 1 aromatic rings. The van der Waals surface area contributed by atoms with Gasteiger partial charge in [0.15, 0.2) is 0 Å². The highest BCUT2D eigenvalue weighted by Crippen LogP contribution is 2.23. The van der Waals surface area contributed by atoms with E-state index < -0.39 is 12.9 Å². The molecule has 0 bridgehead atoms. The number of hydrogen-bond acceptors (Lipinski definition) is 3. The van der Waals surface area contributed by atoms with E-state index in [4.69, 9.17) is 10.0 Å². The molecule has 3 nitrogen and oxygen atoms in total. The molecule has 2 N–H and O–H groups in total. The summed E-state index contributed by atoms with van der Waals surface area (Å²) < 4.78 is 13.3. The third kappa shape index (κ3) is 3.10. The van der Waals surface area contributed by atoms with E-state index in [2.05, 4.69) is 11.9 Å². The summed E-state index contributed by atoms with van der Waals surface area (Å²) in [6.07, 6.45) is 4.98. The average Bonchev–Trinajstić information content (AvgIpc) is 2.85. The van der Waals surface area contributed by atoms with Crippen molar-refractivity contribution in [2.75, 3.05) is 7.05 Å². The lowest BCUT2D eigenvalue weighted by atomic mass is 9.79. The Labute approximate surface area is 107 Å². The Morgan fingerprint density at radius 3 is 2.61 bits per heavy atom. The second-order valence-electron chi connectivity index (χ2n) is 5.08. The van der Waals surface area contributed by atoms with Crippen molar-refractivity contribution >= 4 is 12.6 Å². The maximum absolute atomic E-state index is 13.3. The fourth-order valence-electron chi connectivity index (χ4n) is 2.65. The van der Waals surface area contributed by atoms with Crippen LogP contribution in [0.5, 0.6) is 0 Å². The molecule has 0 radical (unpaired) electrons. The second-order valence-corrected chi connectivity index (χ2v) is 5.08. The fraction of sp³-hybridized carbons (Fsp3) is 0.538. The molecule has 0 spiro atoms. The largest absolute Gasteiger partial charge is 0.491 e. The minimum atomic E-state index is -1.75. The Morgan fingerprint density at radius 1 is 1.33 bits per heavy atom. The summed E-state index contributed by atoms with van der Waals surface area (Å²) in [4.78, 5) is 2.26. The van der Waals surface area contributed by atoms with E-state index in [0.717, 1.165) is 5.56 Å². The van der Waals surface area contributed by atoms with E-state index in [1.807, 2.05) is 0 Å². The van der Waals surface area contributed by atoms with Gasteiger partial charge in [0.1, 0.15) is 5.82 Å². The van der Waals surface area contributed by atoms with Crippen LogP contribution in [0, 0.1) is 5.82 Å². The Morgan fingerprint density at radius 2 is 2.00 bits per heavy atom. The first-order valence-corrected chi connectivity index (χ1v) is 6.42. The first-order chi connectivity index (χ1) is 8.58. The summed E-state index contributed by atoms with van der Waals surface area (Å²) in [7, 11) is 0.315. The van der Waals surface area contributed by atoms with Crippen LogP contribution >= 0.6 is 0 Å². The normalized spacial score (nSPS) is 16.5. The number of halogens is 1. The van der Waals surface area contributed by atoms with Gasteiger partial charge in [-0.05, 0) is 31.5 Å². The Hall–Kier alpha value is -0.905. The van der Waals surface area contributed by atoms with Gasteiger partial charge in [0.05, 0.1) is 0 Å². The van der Waals surface area contributed by atoms with E-state index in [1.165, 1.54) is 37.8 Å². The lowest BCUT2D eigenvalue weighted by molar-refractivity contribution is 0.237. The quantitative estimate of drug-likeness (QED) is 0.781. The second kappa shape index (κ2) is 5.82. The molecule has 1 aliphatic rings. The minimum absolute atomic E-state index is 0.0488. The van der Waals surface area contributed by atoms with Crippen LogP contribution in [0.1, 0.15) is 31.2 Å². The van der Waals surface area contributed by atoms with E-state index in [9.17, 15) is 4.39 Å². The zero-order valence-electron chi connectivity index (χ0n) is 10.6. The zero-order chi connectivity index (χ0) is 13.1. The van der Waals surface area contributed by atoms with Crippen molar-refractivity contribution in [3.05, 3.63) is 29.6 Å². The standard InChI is InChI=1S/C13H19BFNO2/c1-16(11-4-2-3-5-11)9-10-6-7-13(15)12(8-10)14(17)18/h6-8,11,17-18H,2-5,9H2,1H3. The average molecular weight is 251 g/mol. The molecule has 1 saturated carbocycles. The summed E-state index contributed by atoms with van der Waals surface area (Å²) in [5.74, 6) is -0.572. The summed E-state index contributed by atoms with van der Waals surface area (Å²) in [5, 5.41) is 18.2. The number of benzene rings is 1. The van der Waals surface area contributed by atoms with E-state index >= 15 is 0 Å². The molecule has 98 valence electrons. The molecule has 0 saturated heterocycles. The zero-order valence-corrected chi connectivity index (χ0v) is 10.6. The van der Waals surface area contributed by atoms with Crippen molar-refractivity contribution in [1.82, 2.24) is 4.90 Å². The van der Waals surface area contributed by atoms with Crippen LogP contribution in [-0.4, -0.2) is 35.2 Å². The topological polar surface area (TPSA) is 43.7 Å². The first-order valence-electron chi connectivity index (χ1n) is 6.42. The Bertz CT molecular complexity index is 408. The van der Waals surface area contributed by atoms with Gasteiger partial charge in [-0.2, -0.15) is 0 Å². The molecule has 0 atom stereocenters. The summed E-state index contributed by atoms with van der Waals surface area (Å²) in [6, 6.07) is 5.13. The molecule has 1 aromatic carbocycles. The number of rotatable bonds is 4. The number of nitrogens with zero attached hydrogens (tertiary/aromatic N) is 1. The van der Waals surface area contributed by atoms with Crippen molar-refractivity contribution in [3.63, 3.8) is 0 Å². The van der Waals surface area contributed by atoms with Gasteiger partial charge in [-0.25, -0.2) is 4.39 Å². The Balaban J connectivity index is 2.06. The van der Waals surface area contributed by atoms with Gasteiger partial charge in [0.2, 0.25) is 0 Å². The monoisotopic (exact) mass is 251 g/mol. The lowest BCUT2D eigenvalue weighted by Gasteiger charge is -2.24. The van der Waals surface area contributed by atoms with E-state index in [1.54, 1.807) is 6.07 Å². The van der Waals surface area contributed by atoms with Crippen molar-refractivity contribution in [1.29, 1.82) is 0 Å². The van der Waals surface area contributed by atoms with Gasteiger partial charge >= 0.3 is 7.12 Å². The van der Waals surface area contributed by atoms with Crippen LogP contribution in [0.3, 0.4) is 0 Å². The molecule has 0 amide bonds. The molecule has 0 aromatic heterocycles. The van der Waals surface area contributed by atoms with Crippen LogP contribution < -0.4 is 5.46 Å². The van der Waals surface area contributed by atoms with Gasteiger partial charge in [-0.1, -0.05) is 25.0 Å². The van der Waals surface area contributed by atoms with Crippen molar-refractivity contribution in [2.45, 2.75) is 38.3 Å². The summed E-state index contributed by atoms with van der Waals surface area (Å²) >= 11 is 0. The molecular weight excluding hydrogens is 232 g/mol. The molecule has 18 heavy (non-hydrogen) atoms. The number of hydrogen-bond donors (Lipinski definition) is 2. The highest BCUT2D eigenvalue weighted by molar-refractivity contribution is 6.58. The smallest absolute Gasteiger partial charge is 0.423 e. The van der Waals surface area contributed by atoms with Gasteiger partial charge in [0, 0.05) is 18.0 Å². The molecule has 1 aliphatic carbocycles. The maximum Gasteiger partial charge on any atom is 0.491 e. The summed E-state index contributed by atoms with van der Waals surface area (Å²) in [5.41, 5.74) is 0.862. The van der Waals surface area contributed by atoms with Crippen LogP contribution in [0.2, 0.25) is 0 Å². The first kappa shape index (κ1) is 13.5.